The van der Waals surface area contributed by atoms with Gasteiger partial charge in [-0.1, -0.05) is 0 Å². The summed E-state index contributed by atoms with van der Waals surface area (Å²) in [5.41, 5.74) is 0.445. The predicted octanol–water partition coefficient (Wildman–Crippen LogP) is 2.34. The Hall–Kier alpha value is -3.17. The topological polar surface area (TPSA) is 84.4 Å². The molecule has 28 heavy (non-hydrogen) atoms. The van der Waals surface area contributed by atoms with Crippen molar-refractivity contribution >= 4 is 17.5 Å². The molecule has 0 aromatic carbocycles. The number of carbonyl (C=O) groups is 2. The second kappa shape index (κ2) is 8.24. The lowest BCUT2D eigenvalue weighted by Gasteiger charge is -2.32. The molecule has 1 unspecified atom stereocenters. The number of pyridine rings is 2. The first-order valence-electron chi connectivity index (χ1n) is 8.52. The molecule has 10 heteroatoms. The summed E-state index contributed by atoms with van der Waals surface area (Å²) in [7, 11) is 0. The Balaban J connectivity index is 1.72. The molecule has 0 spiro atoms. The van der Waals surface area contributed by atoms with E-state index in [1.54, 1.807) is 24.5 Å². The number of ether oxygens (including phenoxy) is 1. The molecule has 1 atom stereocenters. The minimum absolute atomic E-state index is 0.168. The largest absolute Gasteiger partial charge is 0.467 e. The number of amides is 2. The summed E-state index contributed by atoms with van der Waals surface area (Å²) in [6, 6.07) is 5.32. The number of carbonyl (C=O) groups excluding carboxylic acids is 2. The zero-order valence-corrected chi connectivity index (χ0v) is 14.6. The molecule has 2 aromatic heterocycles. The summed E-state index contributed by atoms with van der Waals surface area (Å²) in [5.74, 6) is -1.48. The van der Waals surface area contributed by atoms with Crippen LogP contribution >= 0.6 is 0 Å². The van der Waals surface area contributed by atoms with Crippen molar-refractivity contribution in [1.29, 1.82) is 0 Å². The predicted molar refractivity (Wildman–Crippen MR) is 92.9 cm³/mol. The van der Waals surface area contributed by atoms with E-state index in [-0.39, 0.29) is 11.5 Å². The van der Waals surface area contributed by atoms with E-state index in [1.807, 2.05) is 0 Å². The lowest BCUT2D eigenvalue weighted by molar-refractivity contribution is -0.154. The van der Waals surface area contributed by atoms with Gasteiger partial charge in [0.25, 0.3) is 5.91 Å². The normalized spacial score (nSPS) is 17.3. The van der Waals surface area contributed by atoms with Gasteiger partial charge in [0.2, 0.25) is 11.8 Å². The molecular formula is C18H17F3N4O3. The lowest BCUT2D eigenvalue weighted by atomic mass is 10.0. The van der Waals surface area contributed by atoms with E-state index in [9.17, 15) is 22.8 Å². The van der Waals surface area contributed by atoms with E-state index in [4.69, 9.17) is 0 Å². The number of aromatic nitrogens is 2. The first-order chi connectivity index (χ1) is 13.3. The molecule has 0 aliphatic carbocycles. The van der Waals surface area contributed by atoms with Gasteiger partial charge in [-0.2, -0.15) is 13.2 Å². The zero-order chi connectivity index (χ0) is 20.1. The Morgan fingerprint density at radius 2 is 2.07 bits per heavy atom. The van der Waals surface area contributed by atoms with Crippen LogP contribution in [0, 0.1) is 0 Å². The van der Waals surface area contributed by atoms with E-state index in [2.05, 4.69) is 20.0 Å². The fourth-order valence-corrected chi connectivity index (χ4v) is 2.84. The van der Waals surface area contributed by atoms with Crippen LogP contribution in [0.2, 0.25) is 0 Å². The number of halogens is 3. The van der Waals surface area contributed by atoms with Gasteiger partial charge in [-0.15, -0.1) is 0 Å². The molecule has 1 aliphatic rings. The summed E-state index contributed by atoms with van der Waals surface area (Å²) in [6.07, 6.45) is 0.859. The monoisotopic (exact) mass is 394 g/mol. The number of nitrogens with one attached hydrogen (secondary N) is 1. The molecule has 7 nitrogen and oxygen atoms in total. The third-order valence-corrected chi connectivity index (χ3v) is 4.09. The van der Waals surface area contributed by atoms with Crippen LogP contribution < -0.4 is 15.0 Å². The number of nitrogens with zero attached hydrogens (tertiary/aromatic N) is 3. The van der Waals surface area contributed by atoms with E-state index >= 15 is 0 Å². The molecule has 0 saturated carbocycles. The molecule has 1 N–H and O–H groups in total. The van der Waals surface area contributed by atoms with Crippen LogP contribution in [0.25, 0.3) is 0 Å². The maximum absolute atomic E-state index is 12.7. The summed E-state index contributed by atoms with van der Waals surface area (Å²) in [5, 5.41) is 2.57. The van der Waals surface area contributed by atoms with Gasteiger partial charge in [-0.05, 0) is 37.1 Å². The number of rotatable bonds is 5. The fourth-order valence-electron chi connectivity index (χ4n) is 2.84. The van der Waals surface area contributed by atoms with Crippen LogP contribution in [0.3, 0.4) is 0 Å². The number of alkyl halides is 3. The van der Waals surface area contributed by atoms with Crippen molar-refractivity contribution < 1.29 is 27.5 Å². The smallest absolute Gasteiger partial charge is 0.422 e. The van der Waals surface area contributed by atoms with Crippen LogP contribution in [0.15, 0.2) is 42.9 Å². The van der Waals surface area contributed by atoms with Crippen molar-refractivity contribution in [2.45, 2.75) is 25.1 Å². The third-order valence-electron chi connectivity index (χ3n) is 4.09. The second-order valence-electron chi connectivity index (χ2n) is 6.13. The molecule has 0 bridgehead atoms. The lowest BCUT2D eigenvalue weighted by Crippen LogP contribution is -2.52. The first-order valence-corrected chi connectivity index (χ1v) is 8.52. The SMILES string of the molecule is O=C(NC1CCCN(c2cccnc2)C1=O)c1cccnc1OCC(F)(F)F. The molecule has 2 aromatic rings. The molecule has 148 valence electrons. The second-order valence-corrected chi connectivity index (χ2v) is 6.13. The summed E-state index contributed by atoms with van der Waals surface area (Å²) < 4.78 is 41.8. The average Bonchev–Trinajstić information content (AvgIpc) is 2.68. The van der Waals surface area contributed by atoms with Crippen molar-refractivity contribution in [3.05, 3.63) is 48.4 Å². The third kappa shape index (κ3) is 4.76. The van der Waals surface area contributed by atoms with Crippen molar-refractivity contribution in [3.8, 4) is 5.88 Å². The number of anilines is 1. The van der Waals surface area contributed by atoms with Gasteiger partial charge < -0.3 is 15.0 Å². The highest BCUT2D eigenvalue weighted by Gasteiger charge is 2.33. The van der Waals surface area contributed by atoms with E-state index in [0.29, 0.717) is 25.1 Å². The minimum Gasteiger partial charge on any atom is -0.467 e. The Kier molecular flexibility index (Phi) is 5.76. The molecule has 2 amide bonds. The Labute approximate surface area is 158 Å². The van der Waals surface area contributed by atoms with Crippen LogP contribution in [0.4, 0.5) is 18.9 Å². The maximum Gasteiger partial charge on any atom is 0.422 e. The summed E-state index contributed by atoms with van der Waals surface area (Å²) in [4.78, 5) is 34.5. The number of hydrogen-bond acceptors (Lipinski definition) is 5. The van der Waals surface area contributed by atoms with Crippen molar-refractivity contribution in [1.82, 2.24) is 15.3 Å². The van der Waals surface area contributed by atoms with Crippen LogP contribution in [-0.4, -0.2) is 47.2 Å². The van der Waals surface area contributed by atoms with E-state index in [0.717, 1.165) is 0 Å². The van der Waals surface area contributed by atoms with Gasteiger partial charge in [0, 0.05) is 18.9 Å². The molecule has 1 saturated heterocycles. The Morgan fingerprint density at radius 3 is 2.79 bits per heavy atom. The van der Waals surface area contributed by atoms with Gasteiger partial charge in [0.05, 0.1) is 11.9 Å². The van der Waals surface area contributed by atoms with Gasteiger partial charge in [0.1, 0.15) is 11.6 Å². The first kappa shape index (κ1) is 19.6. The van der Waals surface area contributed by atoms with Crippen LogP contribution in [-0.2, 0) is 4.79 Å². The van der Waals surface area contributed by atoms with Crippen LogP contribution in [0.1, 0.15) is 23.2 Å². The Morgan fingerprint density at radius 1 is 1.29 bits per heavy atom. The number of piperidine rings is 1. The highest BCUT2D eigenvalue weighted by Crippen LogP contribution is 2.22. The molecule has 3 heterocycles. The zero-order valence-electron chi connectivity index (χ0n) is 14.6. The minimum atomic E-state index is -4.56. The quantitative estimate of drug-likeness (QED) is 0.842. The van der Waals surface area contributed by atoms with Gasteiger partial charge in [0.15, 0.2) is 6.61 Å². The average molecular weight is 394 g/mol. The van der Waals surface area contributed by atoms with Gasteiger partial charge >= 0.3 is 6.18 Å². The van der Waals surface area contributed by atoms with Crippen molar-refractivity contribution in [2.24, 2.45) is 0 Å². The van der Waals surface area contributed by atoms with Crippen molar-refractivity contribution in [2.75, 3.05) is 18.1 Å². The Bertz CT molecular complexity index is 845. The number of hydrogen-bond donors (Lipinski definition) is 1. The summed E-state index contributed by atoms with van der Waals surface area (Å²) >= 11 is 0. The van der Waals surface area contributed by atoms with E-state index < -0.39 is 30.6 Å². The highest BCUT2D eigenvalue weighted by atomic mass is 19.4. The fraction of sp³-hybridized carbons (Fsp3) is 0.333. The molecule has 1 aliphatic heterocycles. The van der Waals surface area contributed by atoms with Gasteiger partial charge in [-0.3, -0.25) is 14.6 Å². The van der Waals surface area contributed by atoms with E-state index in [1.165, 1.54) is 23.2 Å². The highest BCUT2D eigenvalue weighted by molar-refractivity contribution is 6.03. The summed E-state index contributed by atoms with van der Waals surface area (Å²) in [6.45, 7) is -1.08. The van der Waals surface area contributed by atoms with Crippen LogP contribution in [0.5, 0.6) is 5.88 Å². The standard InChI is InChI=1S/C18H17F3N4O3/c19-18(20,21)11-28-16-13(5-2-8-23-16)15(26)24-14-6-3-9-25(17(14)27)12-4-1-7-22-10-12/h1-2,4-5,7-8,10,14H,3,6,9,11H2,(H,24,26). The molecular weight excluding hydrogens is 377 g/mol. The van der Waals surface area contributed by atoms with Gasteiger partial charge in [-0.25, -0.2) is 4.98 Å². The molecule has 1 fully saturated rings. The van der Waals surface area contributed by atoms with Crippen molar-refractivity contribution in [3.63, 3.8) is 0 Å². The molecule has 0 radical (unpaired) electrons. The maximum atomic E-state index is 12.7. The molecule has 3 rings (SSSR count).